The van der Waals surface area contributed by atoms with Gasteiger partial charge in [0, 0.05) is 6.20 Å². The molecule has 0 spiro atoms. The van der Waals surface area contributed by atoms with Gasteiger partial charge in [0.1, 0.15) is 0 Å². The van der Waals surface area contributed by atoms with Crippen LogP contribution in [0, 0.1) is 29.1 Å². The molecule has 0 amide bonds. The molecule has 2 nitrogen and oxygen atoms in total. The fourth-order valence-electron chi connectivity index (χ4n) is 5.95. The van der Waals surface area contributed by atoms with Crippen LogP contribution in [-0.2, 0) is 0 Å². The molecule has 0 radical (unpaired) electrons. The number of hydrogen-bond donors (Lipinski definition) is 1. The molecule has 2 N–H and O–H groups in total. The second-order valence-corrected chi connectivity index (χ2v) is 7.85. The smallest absolute Gasteiger partial charge is 0.0573 e. The quantitative estimate of drug-likeness (QED) is 0.903. The molecule has 108 valence electrons. The van der Waals surface area contributed by atoms with Gasteiger partial charge in [0.15, 0.2) is 0 Å². The lowest BCUT2D eigenvalue weighted by atomic mass is 9.46. The van der Waals surface area contributed by atoms with E-state index < -0.39 is 0 Å². The van der Waals surface area contributed by atoms with Crippen molar-refractivity contribution in [3.05, 3.63) is 30.1 Å². The van der Waals surface area contributed by atoms with Gasteiger partial charge in [-0.3, -0.25) is 4.98 Å². The molecule has 4 bridgehead atoms. The van der Waals surface area contributed by atoms with Gasteiger partial charge in [-0.15, -0.1) is 0 Å². The minimum Gasteiger partial charge on any atom is -0.322 e. The van der Waals surface area contributed by atoms with E-state index in [1.54, 1.807) is 0 Å². The van der Waals surface area contributed by atoms with E-state index in [2.05, 4.69) is 24.0 Å². The molecule has 0 aliphatic heterocycles. The zero-order chi connectivity index (χ0) is 13.7. The molecule has 2 atom stereocenters. The van der Waals surface area contributed by atoms with Gasteiger partial charge in [0.25, 0.3) is 0 Å². The van der Waals surface area contributed by atoms with Crippen molar-refractivity contribution in [2.45, 2.75) is 51.5 Å². The topological polar surface area (TPSA) is 38.9 Å². The lowest BCUT2D eigenvalue weighted by Gasteiger charge is -2.60. The molecule has 2 heteroatoms. The molecule has 0 aromatic carbocycles. The lowest BCUT2D eigenvalue weighted by molar-refractivity contribution is -0.0889. The first-order chi connectivity index (χ1) is 9.66. The second kappa shape index (κ2) is 4.56. The van der Waals surface area contributed by atoms with Crippen molar-refractivity contribution in [2.75, 3.05) is 0 Å². The van der Waals surface area contributed by atoms with E-state index in [4.69, 9.17) is 5.73 Å². The highest BCUT2D eigenvalue weighted by Gasteiger charge is 2.54. The molecule has 1 heterocycles. The van der Waals surface area contributed by atoms with E-state index >= 15 is 0 Å². The molecule has 4 aliphatic carbocycles. The summed E-state index contributed by atoms with van der Waals surface area (Å²) in [6, 6.07) is 6.24. The largest absolute Gasteiger partial charge is 0.322 e. The second-order valence-electron chi connectivity index (χ2n) is 7.85. The summed E-state index contributed by atoms with van der Waals surface area (Å²) in [6.45, 7) is 2.40. The summed E-state index contributed by atoms with van der Waals surface area (Å²) in [7, 11) is 0. The minimum atomic E-state index is 0.104. The van der Waals surface area contributed by atoms with Crippen molar-refractivity contribution >= 4 is 0 Å². The van der Waals surface area contributed by atoms with E-state index in [1.165, 1.54) is 38.5 Å². The van der Waals surface area contributed by atoms with Crippen LogP contribution in [0.4, 0.5) is 0 Å². The molecule has 1 aromatic rings. The predicted octanol–water partition coefficient (Wildman–Crippen LogP) is 3.93. The standard InChI is InChI=1S/C18H26N2/c1-12(17(19)16-4-2-3-5-20-16)18-9-13-6-14(10-18)8-15(7-13)11-18/h2-5,12-15,17H,6-11,19H2,1H3. The third kappa shape index (κ3) is 1.92. The first kappa shape index (κ1) is 12.8. The molecule has 1 aromatic heterocycles. The summed E-state index contributed by atoms with van der Waals surface area (Å²) in [5, 5.41) is 0. The maximum atomic E-state index is 6.60. The predicted molar refractivity (Wildman–Crippen MR) is 80.9 cm³/mol. The lowest BCUT2D eigenvalue weighted by Crippen LogP contribution is -2.51. The van der Waals surface area contributed by atoms with Crippen LogP contribution in [0.2, 0.25) is 0 Å². The summed E-state index contributed by atoms with van der Waals surface area (Å²) in [4.78, 5) is 4.50. The van der Waals surface area contributed by atoms with Crippen molar-refractivity contribution in [3.8, 4) is 0 Å². The average Bonchev–Trinajstić information content (AvgIpc) is 2.45. The summed E-state index contributed by atoms with van der Waals surface area (Å²) in [5.74, 6) is 3.56. The van der Waals surface area contributed by atoms with Gasteiger partial charge in [-0.25, -0.2) is 0 Å². The monoisotopic (exact) mass is 270 g/mol. The first-order valence-corrected chi connectivity index (χ1v) is 8.33. The van der Waals surface area contributed by atoms with Crippen molar-refractivity contribution < 1.29 is 0 Å². The number of aromatic nitrogens is 1. The van der Waals surface area contributed by atoms with E-state index in [1.807, 2.05) is 12.3 Å². The Balaban J connectivity index is 1.60. The Bertz CT molecular complexity index is 446. The molecule has 20 heavy (non-hydrogen) atoms. The van der Waals surface area contributed by atoms with E-state index in [0.29, 0.717) is 11.3 Å². The van der Waals surface area contributed by atoms with E-state index in [9.17, 15) is 0 Å². The Morgan fingerprint density at radius 3 is 2.20 bits per heavy atom. The highest BCUT2D eigenvalue weighted by Crippen LogP contribution is 2.63. The average molecular weight is 270 g/mol. The van der Waals surface area contributed by atoms with Gasteiger partial charge in [0.05, 0.1) is 11.7 Å². The molecule has 4 saturated carbocycles. The Labute approximate surface area is 122 Å². The van der Waals surface area contributed by atoms with Crippen LogP contribution in [0.3, 0.4) is 0 Å². The molecule has 2 unspecified atom stereocenters. The highest BCUT2D eigenvalue weighted by atomic mass is 14.8. The van der Waals surface area contributed by atoms with Crippen molar-refractivity contribution in [3.63, 3.8) is 0 Å². The first-order valence-electron chi connectivity index (χ1n) is 8.33. The normalized spacial score (nSPS) is 41.6. The molecule has 5 rings (SSSR count). The van der Waals surface area contributed by atoms with Gasteiger partial charge < -0.3 is 5.73 Å². The Morgan fingerprint density at radius 2 is 1.70 bits per heavy atom. The van der Waals surface area contributed by atoms with E-state index in [0.717, 1.165) is 23.4 Å². The third-order valence-corrected chi connectivity index (χ3v) is 6.62. The number of pyridine rings is 1. The molecular formula is C18H26N2. The summed E-state index contributed by atoms with van der Waals surface area (Å²) >= 11 is 0. The van der Waals surface area contributed by atoms with Crippen molar-refractivity contribution in [1.82, 2.24) is 4.98 Å². The number of hydrogen-bond acceptors (Lipinski definition) is 2. The number of rotatable bonds is 3. The third-order valence-electron chi connectivity index (χ3n) is 6.62. The van der Waals surface area contributed by atoms with Crippen molar-refractivity contribution in [2.24, 2.45) is 34.8 Å². The highest BCUT2D eigenvalue weighted by molar-refractivity contribution is 5.13. The van der Waals surface area contributed by atoms with Crippen LogP contribution >= 0.6 is 0 Å². The molecule has 4 aliphatic rings. The van der Waals surface area contributed by atoms with Crippen LogP contribution in [0.5, 0.6) is 0 Å². The fraction of sp³-hybridized carbons (Fsp3) is 0.722. The van der Waals surface area contributed by atoms with Gasteiger partial charge in [-0.2, -0.15) is 0 Å². The van der Waals surface area contributed by atoms with Crippen LogP contribution < -0.4 is 5.73 Å². The molecule has 4 fully saturated rings. The van der Waals surface area contributed by atoms with Crippen LogP contribution in [-0.4, -0.2) is 4.98 Å². The zero-order valence-electron chi connectivity index (χ0n) is 12.5. The van der Waals surface area contributed by atoms with Crippen molar-refractivity contribution in [1.29, 1.82) is 0 Å². The van der Waals surface area contributed by atoms with Gasteiger partial charge in [-0.05, 0) is 79.7 Å². The maximum Gasteiger partial charge on any atom is 0.0573 e. The van der Waals surface area contributed by atoms with E-state index in [-0.39, 0.29) is 6.04 Å². The molecule has 0 saturated heterocycles. The van der Waals surface area contributed by atoms with Crippen LogP contribution in [0.1, 0.15) is 57.2 Å². The van der Waals surface area contributed by atoms with Gasteiger partial charge >= 0.3 is 0 Å². The maximum absolute atomic E-state index is 6.60. The summed E-state index contributed by atoms with van der Waals surface area (Å²) < 4.78 is 0. The summed E-state index contributed by atoms with van der Waals surface area (Å²) in [5.41, 5.74) is 8.20. The Kier molecular flexibility index (Phi) is 2.92. The Morgan fingerprint density at radius 1 is 1.10 bits per heavy atom. The van der Waals surface area contributed by atoms with Crippen LogP contribution in [0.15, 0.2) is 24.4 Å². The SMILES string of the molecule is CC(C(N)c1ccccn1)C12CC3CC(CC(C3)C1)C2. The zero-order valence-corrected chi connectivity index (χ0v) is 12.5. The number of nitrogens with two attached hydrogens (primary N) is 1. The van der Waals surface area contributed by atoms with Gasteiger partial charge in [0.2, 0.25) is 0 Å². The minimum absolute atomic E-state index is 0.104. The van der Waals surface area contributed by atoms with Gasteiger partial charge in [-0.1, -0.05) is 13.0 Å². The molecular weight excluding hydrogens is 244 g/mol. The fourth-order valence-corrected chi connectivity index (χ4v) is 5.95. The van der Waals surface area contributed by atoms with Crippen LogP contribution in [0.25, 0.3) is 0 Å². The Hall–Kier alpha value is -0.890. The number of nitrogens with zero attached hydrogens (tertiary/aromatic N) is 1. The summed E-state index contributed by atoms with van der Waals surface area (Å²) in [6.07, 6.45) is 10.7.